The summed E-state index contributed by atoms with van der Waals surface area (Å²) in [6.07, 6.45) is 0.694. The predicted octanol–water partition coefficient (Wildman–Crippen LogP) is 4.65. The highest BCUT2D eigenvalue weighted by molar-refractivity contribution is 9.10. The molecule has 108 valence electrons. The van der Waals surface area contributed by atoms with Gasteiger partial charge in [0.05, 0.1) is 5.71 Å². The fourth-order valence-corrected chi connectivity index (χ4v) is 2.42. The zero-order chi connectivity index (χ0) is 15.2. The Morgan fingerprint density at radius 3 is 2.57 bits per heavy atom. The van der Waals surface area contributed by atoms with Crippen molar-refractivity contribution in [2.24, 2.45) is 5.10 Å². The van der Waals surface area contributed by atoms with Crippen molar-refractivity contribution in [3.63, 3.8) is 0 Å². The van der Waals surface area contributed by atoms with Crippen molar-refractivity contribution in [2.75, 3.05) is 0 Å². The Hall–Kier alpha value is -1.65. The normalized spacial score (nSPS) is 11.3. The molecule has 0 fully saturated rings. The number of amides is 1. The summed E-state index contributed by atoms with van der Waals surface area (Å²) in [7, 11) is 0. The maximum atomic E-state index is 12.1. The Bertz CT molecular complexity index is 685. The highest BCUT2D eigenvalue weighted by Crippen LogP contribution is 2.13. The zero-order valence-corrected chi connectivity index (χ0v) is 13.8. The molecule has 3 nitrogen and oxygen atoms in total. The molecule has 2 aromatic carbocycles. The average molecular weight is 366 g/mol. The van der Waals surface area contributed by atoms with E-state index in [9.17, 15) is 4.79 Å². The Labute approximate surface area is 137 Å². The number of hydrogen-bond donors (Lipinski definition) is 1. The Balaban J connectivity index is 2.16. The largest absolute Gasteiger partial charge is 0.271 e. The molecule has 21 heavy (non-hydrogen) atoms. The second kappa shape index (κ2) is 7.38. The third-order valence-electron chi connectivity index (χ3n) is 2.87. The summed E-state index contributed by atoms with van der Waals surface area (Å²) in [6.45, 7) is 1.98. The minimum absolute atomic E-state index is 0.246. The van der Waals surface area contributed by atoms with E-state index in [1.165, 1.54) is 0 Å². The molecule has 2 aromatic rings. The van der Waals surface area contributed by atoms with Crippen LogP contribution in [0.1, 0.15) is 29.3 Å². The summed E-state index contributed by atoms with van der Waals surface area (Å²) in [5.74, 6) is -0.246. The van der Waals surface area contributed by atoms with E-state index in [2.05, 4.69) is 26.5 Å². The number of nitrogens with one attached hydrogen (secondary N) is 1. The van der Waals surface area contributed by atoms with Gasteiger partial charge in [0.2, 0.25) is 0 Å². The van der Waals surface area contributed by atoms with E-state index in [1.54, 1.807) is 24.3 Å². The van der Waals surface area contributed by atoms with Gasteiger partial charge in [-0.2, -0.15) is 5.10 Å². The Morgan fingerprint density at radius 1 is 1.19 bits per heavy atom. The van der Waals surface area contributed by atoms with Crippen molar-refractivity contribution in [1.29, 1.82) is 0 Å². The maximum absolute atomic E-state index is 12.1. The van der Waals surface area contributed by atoms with E-state index >= 15 is 0 Å². The van der Waals surface area contributed by atoms with E-state index in [0.29, 0.717) is 17.0 Å². The van der Waals surface area contributed by atoms with Crippen molar-refractivity contribution >= 4 is 39.1 Å². The lowest BCUT2D eigenvalue weighted by Crippen LogP contribution is -2.20. The molecule has 5 heteroatoms. The van der Waals surface area contributed by atoms with Gasteiger partial charge in [-0.15, -0.1) is 0 Å². The van der Waals surface area contributed by atoms with Crippen molar-refractivity contribution in [2.45, 2.75) is 13.3 Å². The quantitative estimate of drug-likeness (QED) is 0.622. The van der Waals surface area contributed by atoms with Crippen LogP contribution in [0.2, 0.25) is 5.02 Å². The molecule has 0 spiro atoms. The van der Waals surface area contributed by atoms with Crippen LogP contribution in [-0.2, 0) is 0 Å². The lowest BCUT2D eigenvalue weighted by molar-refractivity contribution is 0.0954. The fraction of sp³-hybridized carbons (Fsp3) is 0.125. The Morgan fingerprint density at radius 2 is 1.90 bits per heavy atom. The van der Waals surface area contributed by atoms with Crippen molar-refractivity contribution < 1.29 is 4.79 Å². The maximum Gasteiger partial charge on any atom is 0.271 e. The highest BCUT2D eigenvalue weighted by atomic mass is 79.9. The summed E-state index contributed by atoms with van der Waals surface area (Å²) in [6, 6.07) is 14.6. The summed E-state index contributed by atoms with van der Waals surface area (Å²) in [5, 5.41) is 4.85. The minimum atomic E-state index is -0.246. The zero-order valence-electron chi connectivity index (χ0n) is 11.4. The second-order valence-electron chi connectivity index (χ2n) is 4.37. The van der Waals surface area contributed by atoms with Gasteiger partial charge >= 0.3 is 0 Å². The number of carbonyl (C=O) groups excluding carboxylic acids is 1. The summed E-state index contributed by atoms with van der Waals surface area (Å²) in [5.41, 5.74) is 4.81. The lowest BCUT2D eigenvalue weighted by atomic mass is 10.1. The molecule has 0 atom stereocenters. The molecule has 0 heterocycles. The van der Waals surface area contributed by atoms with Gasteiger partial charge in [-0.1, -0.05) is 52.7 Å². The van der Waals surface area contributed by atoms with E-state index in [0.717, 1.165) is 15.7 Å². The SMILES string of the molecule is CCC(=NNC(=O)c1cccc(Br)c1)c1cccc(Cl)c1. The number of hydrogen-bond acceptors (Lipinski definition) is 2. The van der Waals surface area contributed by atoms with E-state index in [-0.39, 0.29) is 5.91 Å². The van der Waals surface area contributed by atoms with Crippen LogP contribution in [0.4, 0.5) is 0 Å². The van der Waals surface area contributed by atoms with Crippen LogP contribution >= 0.6 is 27.5 Å². The molecule has 0 saturated carbocycles. The standard InChI is InChI=1S/C16H14BrClN2O/c1-2-15(11-5-4-8-14(18)10-11)19-20-16(21)12-6-3-7-13(17)9-12/h3-10H,2H2,1H3,(H,20,21). The van der Waals surface area contributed by atoms with Gasteiger partial charge in [0.1, 0.15) is 0 Å². The number of halogens is 2. The molecule has 0 aliphatic heterocycles. The number of hydrazone groups is 1. The molecular weight excluding hydrogens is 352 g/mol. The predicted molar refractivity (Wildman–Crippen MR) is 89.9 cm³/mol. The first kappa shape index (κ1) is 15.7. The van der Waals surface area contributed by atoms with Gasteiger partial charge in [0, 0.05) is 15.1 Å². The van der Waals surface area contributed by atoms with E-state index < -0.39 is 0 Å². The van der Waals surface area contributed by atoms with Crippen molar-refractivity contribution in [3.05, 3.63) is 69.2 Å². The number of benzene rings is 2. The summed E-state index contributed by atoms with van der Waals surface area (Å²) >= 11 is 9.31. The third-order valence-corrected chi connectivity index (χ3v) is 3.60. The fourth-order valence-electron chi connectivity index (χ4n) is 1.83. The van der Waals surface area contributed by atoms with Crippen LogP contribution in [0.15, 0.2) is 58.1 Å². The van der Waals surface area contributed by atoms with Crippen LogP contribution in [-0.4, -0.2) is 11.6 Å². The van der Waals surface area contributed by atoms with Crippen LogP contribution in [0.3, 0.4) is 0 Å². The monoisotopic (exact) mass is 364 g/mol. The molecular formula is C16H14BrClN2O. The van der Waals surface area contributed by atoms with Gasteiger partial charge in [-0.3, -0.25) is 4.79 Å². The molecule has 1 N–H and O–H groups in total. The third kappa shape index (κ3) is 4.41. The first-order chi connectivity index (χ1) is 10.1. The first-order valence-corrected chi connectivity index (χ1v) is 7.65. The molecule has 2 rings (SSSR count). The van der Waals surface area contributed by atoms with Crippen LogP contribution < -0.4 is 5.43 Å². The van der Waals surface area contributed by atoms with Crippen LogP contribution in [0, 0.1) is 0 Å². The molecule has 0 radical (unpaired) electrons. The molecule has 1 amide bonds. The average Bonchev–Trinajstić information content (AvgIpc) is 2.48. The highest BCUT2D eigenvalue weighted by Gasteiger charge is 2.06. The lowest BCUT2D eigenvalue weighted by Gasteiger charge is -2.06. The van der Waals surface area contributed by atoms with E-state index in [4.69, 9.17) is 11.6 Å². The second-order valence-corrected chi connectivity index (χ2v) is 5.73. The van der Waals surface area contributed by atoms with Gasteiger partial charge in [0.15, 0.2) is 0 Å². The van der Waals surface area contributed by atoms with Crippen LogP contribution in [0.5, 0.6) is 0 Å². The number of nitrogens with zero attached hydrogens (tertiary/aromatic N) is 1. The molecule has 0 aromatic heterocycles. The van der Waals surface area contributed by atoms with E-state index in [1.807, 2.05) is 31.2 Å². The number of carbonyl (C=O) groups is 1. The van der Waals surface area contributed by atoms with Gasteiger partial charge < -0.3 is 0 Å². The topological polar surface area (TPSA) is 41.5 Å². The van der Waals surface area contributed by atoms with Crippen molar-refractivity contribution in [3.8, 4) is 0 Å². The minimum Gasteiger partial charge on any atom is -0.267 e. The van der Waals surface area contributed by atoms with Gasteiger partial charge in [-0.25, -0.2) is 5.43 Å². The first-order valence-electron chi connectivity index (χ1n) is 6.48. The molecule has 0 saturated heterocycles. The summed E-state index contributed by atoms with van der Waals surface area (Å²) < 4.78 is 0.852. The smallest absolute Gasteiger partial charge is 0.267 e. The van der Waals surface area contributed by atoms with Gasteiger partial charge in [0.25, 0.3) is 5.91 Å². The molecule has 0 bridgehead atoms. The molecule has 0 aliphatic carbocycles. The van der Waals surface area contributed by atoms with Gasteiger partial charge in [-0.05, 0) is 42.3 Å². The van der Waals surface area contributed by atoms with Crippen LogP contribution in [0.25, 0.3) is 0 Å². The Kier molecular flexibility index (Phi) is 5.53. The number of rotatable bonds is 4. The molecule has 0 aliphatic rings. The van der Waals surface area contributed by atoms with Crippen molar-refractivity contribution in [1.82, 2.24) is 5.43 Å². The summed E-state index contributed by atoms with van der Waals surface area (Å²) in [4.78, 5) is 12.1. The molecule has 0 unspecified atom stereocenters.